The lowest BCUT2D eigenvalue weighted by atomic mass is 10.1. The molecule has 0 atom stereocenters. The fourth-order valence-corrected chi connectivity index (χ4v) is 1.52. The van der Waals surface area contributed by atoms with Crippen molar-refractivity contribution >= 4 is 11.8 Å². The highest BCUT2D eigenvalue weighted by atomic mass is 19.4. The van der Waals surface area contributed by atoms with Crippen LogP contribution in [-0.2, 0) is 0 Å². The van der Waals surface area contributed by atoms with Crippen molar-refractivity contribution in [1.29, 1.82) is 0 Å². The standard InChI is InChI=1S/C11H9F3N4O/c12-11(13,14)19-8-4-2-1-3-6(8)7-5-9(15)18-10(16)17-7/h1-5H,(H4,15,16,17,18). The van der Waals surface area contributed by atoms with Gasteiger partial charge >= 0.3 is 6.36 Å². The van der Waals surface area contributed by atoms with Crippen LogP contribution in [-0.4, -0.2) is 16.3 Å². The molecule has 1 aromatic heterocycles. The van der Waals surface area contributed by atoms with E-state index in [1.807, 2.05) is 0 Å². The van der Waals surface area contributed by atoms with Crippen LogP contribution in [0.15, 0.2) is 30.3 Å². The average molecular weight is 270 g/mol. The van der Waals surface area contributed by atoms with Gasteiger partial charge in [0.25, 0.3) is 0 Å². The van der Waals surface area contributed by atoms with Gasteiger partial charge in [0, 0.05) is 11.6 Å². The van der Waals surface area contributed by atoms with Crippen LogP contribution < -0.4 is 16.2 Å². The van der Waals surface area contributed by atoms with Crippen LogP contribution in [0, 0.1) is 0 Å². The van der Waals surface area contributed by atoms with Crippen molar-refractivity contribution in [3.8, 4) is 17.0 Å². The van der Waals surface area contributed by atoms with Gasteiger partial charge in [0.15, 0.2) is 0 Å². The lowest BCUT2D eigenvalue weighted by molar-refractivity contribution is -0.274. The molecule has 100 valence electrons. The Kier molecular flexibility index (Phi) is 3.16. The van der Waals surface area contributed by atoms with Gasteiger partial charge in [-0.2, -0.15) is 4.98 Å². The van der Waals surface area contributed by atoms with Crippen LogP contribution >= 0.6 is 0 Å². The molecule has 1 aromatic carbocycles. The van der Waals surface area contributed by atoms with Crippen molar-refractivity contribution in [3.63, 3.8) is 0 Å². The van der Waals surface area contributed by atoms with Gasteiger partial charge in [-0.15, -0.1) is 13.2 Å². The Morgan fingerprint density at radius 3 is 2.37 bits per heavy atom. The van der Waals surface area contributed by atoms with E-state index in [2.05, 4.69) is 14.7 Å². The maximum Gasteiger partial charge on any atom is 0.573 e. The Balaban J connectivity index is 2.50. The number of aromatic nitrogens is 2. The minimum Gasteiger partial charge on any atom is -0.405 e. The molecule has 0 aliphatic heterocycles. The van der Waals surface area contributed by atoms with Gasteiger partial charge in [-0.25, -0.2) is 4.98 Å². The lowest BCUT2D eigenvalue weighted by Crippen LogP contribution is -2.17. The smallest absolute Gasteiger partial charge is 0.405 e. The summed E-state index contributed by atoms with van der Waals surface area (Å²) in [6.07, 6.45) is -4.79. The Labute approximate surface area is 106 Å². The topological polar surface area (TPSA) is 87.0 Å². The average Bonchev–Trinajstić information content (AvgIpc) is 2.26. The number of alkyl halides is 3. The summed E-state index contributed by atoms with van der Waals surface area (Å²) in [6.45, 7) is 0. The number of ether oxygens (including phenoxy) is 1. The van der Waals surface area contributed by atoms with Gasteiger partial charge in [0.1, 0.15) is 11.6 Å². The number of nitrogens with zero attached hydrogens (tertiary/aromatic N) is 2. The fraction of sp³-hybridized carbons (Fsp3) is 0.0909. The monoisotopic (exact) mass is 270 g/mol. The van der Waals surface area contributed by atoms with Crippen LogP contribution in [0.4, 0.5) is 24.9 Å². The number of rotatable bonds is 2. The molecule has 0 radical (unpaired) electrons. The van der Waals surface area contributed by atoms with E-state index < -0.39 is 6.36 Å². The molecule has 0 unspecified atom stereocenters. The summed E-state index contributed by atoms with van der Waals surface area (Å²) < 4.78 is 40.8. The SMILES string of the molecule is Nc1cc(-c2ccccc2OC(F)(F)F)nc(N)n1. The summed E-state index contributed by atoms with van der Waals surface area (Å²) in [4.78, 5) is 7.48. The zero-order chi connectivity index (χ0) is 14.0. The van der Waals surface area contributed by atoms with E-state index in [9.17, 15) is 13.2 Å². The zero-order valence-electron chi connectivity index (χ0n) is 9.48. The first kappa shape index (κ1) is 12.9. The highest BCUT2D eigenvalue weighted by Gasteiger charge is 2.32. The highest BCUT2D eigenvalue weighted by Crippen LogP contribution is 2.33. The Morgan fingerprint density at radius 2 is 1.74 bits per heavy atom. The molecule has 0 aliphatic rings. The fourth-order valence-electron chi connectivity index (χ4n) is 1.52. The van der Waals surface area contributed by atoms with Gasteiger partial charge in [-0.05, 0) is 12.1 Å². The number of para-hydroxylation sites is 1. The van der Waals surface area contributed by atoms with Gasteiger partial charge in [-0.1, -0.05) is 12.1 Å². The van der Waals surface area contributed by atoms with Crippen LogP contribution in [0.2, 0.25) is 0 Å². The maximum atomic E-state index is 12.3. The molecule has 0 spiro atoms. The van der Waals surface area contributed by atoms with E-state index in [-0.39, 0.29) is 28.8 Å². The first-order chi connectivity index (χ1) is 8.85. The second kappa shape index (κ2) is 4.63. The molecule has 0 bridgehead atoms. The summed E-state index contributed by atoms with van der Waals surface area (Å²) in [5.74, 6) is -0.450. The van der Waals surface area contributed by atoms with Crippen LogP contribution in [0.5, 0.6) is 5.75 Å². The molecule has 2 aromatic rings. The molecule has 0 saturated carbocycles. The van der Waals surface area contributed by atoms with Crippen LogP contribution in [0.25, 0.3) is 11.3 Å². The van der Waals surface area contributed by atoms with E-state index >= 15 is 0 Å². The Hall–Kier alpha value is -2.51. The molecule has 19 heavy (non-hydrogen) atoms. The number of hydrogen-bond acceptors (Lipinski definition) is 5. The minimum absolute atomic E-state index is 0.0595. The van der Waals surface area contributed by atoms with E-state index in [4.69, 9.17) is 11.5 Å². The number of halogens is 3. The van der Waals surface area contributed by atoms with E-state index in [0.717, 1.165) is 0 Å². The second-order valence-corrected chi connectivity index (χ2v) is 3.58. The van der Waals surface area contributed by atoms with Gasteiger partial charge in [-0.3, -0.25) is 0 Å². The number of nitrogens with two attached hydrogens (primary N) is 2. The molecular weight excluding hydrogens is 261 g/mol. The number of anilines is 2. The molecule has 0 saturated heterocycles. The molecule has 2 rings (SSSR count). The van der Waals surface area contributed by atoms with Crippen molar-refractivity contribution in [2.45, 2.75) is 6.36 Å². The van der Waals surface area contributed by atoms with Crippen molar-refractivity contribution in [2.24, 2.45) is 0 Å². The quantitative estimate of drug-likeness (QED) is 0.873. The summed E-state index contributed by atoms with van der Waals surface area (Å²) in [6, 6.07) is 6.88. The summed E-state index contributed by atoms with van der Waals surface area (Å²) in [5.41, 5.74) is 11.2. The van der Waals surface area contributed by atoms with E-state index in [0.29, 0.717) is 0 Å². The summed E-state index contributed by atoms with van der Waals surface area (Å²) >= 11 is 0. The minimum atomic E-state index is -4.79. The van der Waals surface area contributed by atoms with Crippen molar-refractivity contribution in [3.05, 3.63) is 30.3 Å². The largest absolute Gasteiger partial charge is 0.573 e. The first-order valence-corrected chi connectivity index (χ1v) is 5.10. The van der Waals surface area contributed by atoms with Gasteiger partial charge in [0.05, 0.1) is 5.69 Å². The molecule has 5 nitrogen and oxygen atoms in total. The van der Waals surface area contributed by atoms with E-state index in [1.165, 1.54) is 24.3 Å². The van der Waals surface area contributed by atoms with Crippen molar-refractivity contribution in [2.75, 3.05) is 11.5 Å². The first-order valence-electron chi connectivity index (χ1n) is 5.10. The third-order valence-electron chi connectivity index (χ3n) is 2.15. The van der Waals surface area contributed by atoms with Crippen molar-refractivity contribution in [1.82, 2.24) is 9.97 Å². The molecule has 1 heterocycles. The molecule has 8 heteroatoms. The number of benzene rings is 1. The number of hydrogen-bond donors (Lipinski definition) is 2. The van der Waals surface area contributed by atoms with Gasteiger partial charge < -0.3 is 16.2 Å². The van der Waals surface area contributed by atoms with Crippen LogP contribution in [0.3, 0.4) is 0 Å². The normalized spacial score (nSPS) is 11.3. The van der Waals surface area contributed by atoms with Crippen LogP contribution in [0.1, 0.15) is 0 Å². The van der Waals surface area contributed by atoms with Gasteiger partial charge in [0.2, 0.25) is 5.95 Å². The molecular formula is C11H9F3N4O. The Morgan fingerprint density at radius 1 is 1.05 bits per heavy atom. The van der Waals surface area contributed by atoms with E-state index in [1.54, 1.807) is 6.07 Å². The second-order valence-electron chi connectivity index (χ2n) is 3.58. The highest BCUT2D eigenvalue weighted by molar-refractivity contribution is 5.69. The predicted octanol–water partition coefficient (Wildman–Crippen LogP) is 2.21. The summed E-state index contributed by atoms with van der Waals surface area (Å²) in [7, 11) is 0. The Bertz CT molecular complexity index is 580. The number of nitrogen functional groups attached to an aromatic ring is 2. The molecule has 0 fully saturated rings. The third kappa shape index (κ3) is 3.24. The zero-order valence-corrected chi connectivity index (χ0v) is 9.48. The molecule has 0 amide bonds. The van der Waals surface area contributed by atoms with Crippen molar-refractivity contribution < 1.29 is 17.9 Å². The lowest BCUT2D eigenvalue weighted by Gasteiger charge is -2.13. The summed E-state index contributed by atoms with van der Waals surface area (Å²) in [5, 5.41) is 0. The third-order valence-corrected chi connectivity index (χ3v) is 2.15. The molecule has 0 aliphatic carbocycles. The predicted molar refractivity (Wildman–Crippen MR) is 63.0 cm³/mol. The molecule has 4 N–H and O–H groups in total. The maximum absolute atomic E-state index is 12.3.